The van der Waals surface area contributed by atoms with Crippen molar-refractivity contribution in [2.75, 3.05) is 0 Å². The second-order valence-electron chi connectivity index (χ2n) is 5.98. The van der Waals surface area contributed by atoms with Gasteiger partial charge in [-0.25, -0.2) is 0 Å². The summed E-state index contributed by atoms with van der Waals surface area (Å²) in [6, 6.07) is 22.3. The molecule has 0 spiro atoms. The maximum absolute atomic E-state index is 3.82. The van der Waals surface area contributed by atoms with Crippen LogP contribution < -0.4 is 0 Å². The summed E-state index contributed by atoms with van der Waals surface area (Å²) in [5, 5.41) is 0. The minimum absolute atomic E-state index is 0.358. The fourth-order valence-corrected chi connectivity index (χ4v) is 5.56. The van der Waals surface area contributed by atoms with Crippen LogP contribution in [0.15, 0.2) is 65.1 Å². The van der Waals surface area contributed by atoms with Gasteiger partial charge in [-0.3, -0.25) is 0 Å². The zero-order valence-electron chi connectivity index (χ0n) is 11.7. The third-order valence-electron chi connectivity index (χ3n) is 4.99. The topological polar surface area (TPSA) is 0 Å². The lowest BCUT2D eigenvalue weighted by Gasteiger charge is -2.43. The molecule has 3 aliphatic rings. The van der Waals surface area contributed by atoms with E-state index < -0.39 is 0 Å². The second kappa shape index (κ2) is 4.68. The van der Waals surface area contributed by atoms with Crippen molar-refractivity contribution in [3.05, 3.63) is 102 Å². The fourth-order valence-electron chi connectivity index (χ4n) is 4.20. The summed E-state index contributed by atoms with van der Waals surface area (Å²) < 4.78 is 2.61. The van der Waals surface area contributed by atoms with Crippen LogP contribution in [-0.2, 0) is 0 Å². The number of hydrogen-bond acceptors (Lipinski definition) is 0. The Kier molecular flexibility index (Phi) is 2.84. The van der Waals surface area contributed by atoms with Crippen LogP contribution in [-0.4, -0.2) is 0 Å². The molecule has 0 heterocycles. The number of halogens is 2. The van der Waals surface area contributed by atoms with Crippen LogP contribution in [0.3, 0.4) is 0 Å². The zero-order chi connectivity index (χ0) is 14.8. The minimum Gasteiger partial charge on any atom is -0.0619 e. The number of rotatable bonds is 0. The molecule has 2 bridgehead atoms. The molecule has 0 aromatic heterocycles. The maximum atomic E-state index is 3.82. The van der Waals surface area contributed by atoms with E-state index in [1.807, 2.05) is 0 Å². The number of hydrogen-bond donors (Lipinski definition) is 0. The predicted octanol–water partition coefficient (Wildman–Crippen LogP) is 6.04. The van der Waals surface area contributed by atoms with Gasteiger partial charge >= 0.3 is 0 Å². The summed E-state index contributed by atoms with van der Waals surface area (Å²) >= 11 is 6.31. The smallest absolute Gasteiger partial charge is 0.0360 e. The lowest BCUT2D eigenvalue weighted by atomic mass is 9.61. The Labute approximate surface area is 151 Å². The van der Waals surface area contributed by atoms with E-state index in [2.05, 4.69) is 99.2 Å². The molecule has 0 fully saturated rings. The van der Waals surface area contributed by atoms with E-state index in [0.29, 0.717) is 11.8 Å². The summed E-state index contributed by atoms with van der Waals surface area (Å²) in [6.07, 6.45) is 0. The Morgan fingerprint density at radius 2 is 1.09 bits per heavy atom. The Hall–Kier alpha value is -1.13. The van der Waals surface area contributed by atoms with E-state index in [1.54, 1.807) is 0 Å². The molecular weight excluding hydrogens is 447 g/mol. The van der Waals surface area contributed by atoms with E-state index in [-0.39, 0.29) is 0 Å². The molecule has 0 saturated carbocycles. The van der Waals surface area contributed by atoms with E-state index in [9.17, 15) is 0 Å². The molecule has 22 heavy (non-hydrogen) atoms. The molecule has 6 rings (SSSR count). The molecule has 0 aliphatic heterocycles. The first kappa shape index (κ1) is 13.3. The Balaban J connectivity index is 1.96. The summed E-state index contributed by atoms with van der Waals surface area (Å²) in [6.45, 7) is 0. The van der Waals surface area contributed by atoms with Crippen LogP contribution in [0, 0.1) is 3.57 Å². The molecule has 0 N–H and O–H groups in total. The standard InChI is InChI=1S/C20H12BrI/c21-15-9-10-16(22)20-18-13-7-3-1-5-11(13)17(19(15)20)12-6-2-4-8-14(12)18/h1-10,17-18H. The van der Waals surface area contributed by atoms with Crippen molar-refractivity contribution in [1.29, 1.82) is 0 Å². The first-order valence-electron chi connectivity index (χ1n) is 7.43. The van der Waals surface area contributed by atoms with Crippen molar-refractivity contribution >= 4 is 38.5 Å². The lowest BCUT2D eigenvalue weighted by Crippen LogP contribution is -2.28. The van der Waals surface area contributed by atoms with Crippen molar-refractivity contribution < 1.29 is 0 Å². The molecule has 2 heteroatoms. The molecule has 0 saturated heterocycles. The molecule has 0 nitrogen and oxygen atoms in total. The highest BCUT2D eigenvalue weighted by Gasteiger charge is 2.42. The second-order valence-corrected chi connectivity index (χ2v) is 8.00. The summed E-state index contributed by atoms with van der Waals surface area (Å²) in [4.78, 5) is 0. The largest absolute Gasteiger partial charge is 0.0619 e. The van der Waals surface area contributed by atoms with Gasteiger partial charge in [0, 0.05) is 19.9 Å². The van der Waals surface area contributed by atoms with Gasteiger partial charge in [0.2, 0.25) is 0 Å². The fraction of sp³-hybridized carbons (Fsp3) is 0.100. The molecule has 0 radical (unpaired) electrons. The Morgan fingerprint density at radius 1 is 0.636 bits per heavy atom. The van der Waals surface area contributed by atoms with Gasteiger partial charge < -0.3 is 0 Å². The quantitative estimate of drug-likeness (QED) is 0.248. The monoisotopic (exact) mass is 458 g/mol. The van der Waals surface area contributed by atoms with Gasteiger partial charge in [0.15, 0.2) is 0 Å². The van der Waals surface area contributed by atoms with E-state index >= 15 is 0 Å². The van der Waals surface area contributed by atoms with Gasteiger partial charge in [0.05, 0.1) is 0 Å². The van der Waals surface area contributed by atoms with Gasteiger partial charge in [-0.05, 0) is 68.1 Å². The van der Waals surface area contributed by atoms with E-state index in [0.717, 1.165) is 0 Å². The van der Waals surface area contributed by atoms with Crippen LogP contribution in [0.2, 0.25) is 0 Å². The highest BCUT2D eigenvalue weighted by molar-refractivity contribution is 14.1. The van der Waals surface area contributed by atoms with Crippen molar-refractivity contribution in [3.63, 3.8) is 0 Å². The average Bonchev–Trinajstić information content (AvgIpc) is 2.58. The van der Waals surface area contributed by atoms with Gasteiger partial charge in [0.25, 0.3) is 0 Å². The van der Waals surface area contributed by atoms with Gasteiger partial charge in [-0.2, -0.15) is 0 Å². The first-order valence-corrected chi connectivity index (χ1v) is 9.30. The zero-order valence-corrected chi connectivity index (χ0v) is 15.4. The molecule has 106 valence electrons. The van der Waals surface area contributed by atoms with Crippen molar-refractivity contribution in [3.8, 4) is 0 Å². The lowest BCUT2D eigenvalue weighted by molar-refractivity contribution is 0.746. The van der Waals surface area contributed by atoms with Crippen molar-refractivity contribution in [2.45, 2.75) is 11.8 Å². The third-order valence-corrected chi connectivity index (χ3v) is 6.63. The molecule has 3 aliphatic carbocycles. The van der Waals surface area contributed by atoms with Crippen molar-refractivity contribution in [2.24, 2.45) is 0 Å². The van der Waals surface area contributed by atoms with Crippen molar-refractivity contribution in [1.82, 2.24) is 0 Å². The van der Waals surface area contributed by atoms with Gasteiger partial charge in [0.1, 0.15) is 0 Å². The molecule has 3 aromatic carbocycles. The van der Waals surface area contributed by atoms with E-state index in [1.165, 1.54) is 41.4 Å². The highest BCUT2D eigenvalue weighted by Crippen LogP contribution is 2.57. The highest BCUT2D eigenvalue weighted by atomic mass is 127. The van der Waals surface area contributed by atoms with Gasteiger partial charge in [-0.15, -0.1) is 0 Å². The van der Waals surface area contributed by atoms with Crippen LogP contribution >= 0.6 is 38.5 Å². The molecule has 0 atom stereocenters. The normalized spacial score (nSPS) is 20.3. The van der Waals surface area contributed by atoms with E-state index in [4.69, 9.17) is 0 Å². The van der Waals surface area contributed by atoms with Crippen LogP contribution in [0.1, 0.15) is 45.2 Å². The first-order chi connectivity index (χ1) is 10.8. The molecule has 0 unspecified atom stereocenters. The third kappa shape index (κ3) is 1.57. The maximum Gasteiger partial charge on any atom is 0.0360 e. The predicted molar refractivity (Wildman–Crippen MR) is 102 cm³/mol. The summed E-state index contributed by atoms with van der Waals surface area (Å²) in [5.74, 6) is 0.730. The van der Waals surface area contributed by atoms with Crippen LogP contribution in [0.4, 0.5) is 0 Å². The van der Waals surface area contributed by atoms with Crippen LogP contribution in [0.25, 0.3) is 0 Å². The number of benzene rings is 3. The van der Waals surface area contributed by atoms with Crippen LogP contribution in [0.5, 0.6) is 0 Å². The summed E-state index contributed by atoms with van der Waals surface area (Å²) in [7, 11) is 0. The SMILES string of the molecule is Brc1ccc(I)c2c1C1c3ccccc3C2c2ccccc21. The minimum atomic E-state index is 0.358. The average molecular weight is 459 g/mol. The molecule has 0 amide bonds. The Morgan fingerprint density at radius 3 is 1.59 bits per heavy atom. The Bertz CT molecular complexity index is 806. The molecule has 3 aromatic rings. The summed E-state index contributed by atoms with van der Waals surface area (Å²) in [5.41, 5.74) is 8.87. The van der Waals surface area contributed by atoms with Gasteiger partial charge in [-0.1, -0.05) is 64.5 Å². The molecular formula is C20H12BrI.